The van der Waals surface area contributed by atoms with E-state index in [9.17, 15) is 8.78 Å². The number of nitrogens with one attached hydrogen (secondary N) is 1. The lowest BCUT2D eigenvalue weighted by Crippen LogP contribution is -2.61. The summed E-state index contributed by atoms with van der Waals surface area (Å²) in [6.45, 7) is 4.16. The fourth-order valence-corrected chi connectivity index (χ4v) is 2.34. The number of halogens is 2. The maximum absolute atomic E-state index is 13.0. The van der Waals surface area contributed by atoms with E-state index in [1.807, 2.05) is 7.05 Å². The van der Waals surface area contributed by atoms with Crippen molar-refractivity contribution < 1.29 is 13.5 Å². The molecule has 1 aromatic rings. The molecular weight excluding hydrogens is 224 g/mol. The number of hydrogen-bond donors (Lipinski definition) is 1. The van der Waals surface area contributed by atoms with Gasteiger partial charge >= 0.3 is 0 Å². The molecule has 2 unspecified atom stereocenters. The van der Waals surface area contributed by atoms with Gasteiger partial charge in [0.05, 0.1) is 0 Å². The van der Waals surface area contributed by atoms with Crippen LogP contribution >= 0.6 is 0 Å². The van der Waals surface area contributed by atoms with Gasteiger partial charge in [0, 0.05) is 36.1 Å². The average molecular weight is 241 g/mol. The van der Waals surface area contributed by atoms with Gasteiger partial charge in [-0.25, -0.2) is 8.78 Å². The van der Waals surface area contributed by atoms with Crippen LogP contribution in [0.1, 0.15) is 20.3 Å². The van der Waals surface area contributed by atoms with E-state index in [1.54, 1.807) is 0 Å². The van der Waals surface area contributed by atoms with Crippen LogP contribution in [0.15, 0.2) is 18.2 Å². The zero-order valence-corrected chi connectivity index (χ0v) is 10.3. The van der Waals surface area contributed by atoms with Crippen molar-refractivity contribution in [2.75, 3.05) is 7.05 Å². The van der Waals surface area contributed by atoms with Crippen molar-refractivity contribution in [1.82, 2.24) is 5.32 Å². The van der Waals surface area contributed by atoms with Crippen molar-refractivity contribution >= 4 is 0 Å². The summed E-state index contributed by atoms with van der Waals surface area (Å²) in [5.41, 5.74) is -0.0302. The standard InChI is InChI=1S/C13H17F2NO/c1-13(2)11(16-3)7-12(13)17-10-5-8(14)4-9(15)6-10/h4-6,11-12,16H,7H2,1-3H3. The second-order valence-corrected chi connectivity index (χ2v) is 5.11. The first-order valence-corrected chi connectivity index (χ1v) is 5.73. The minimum absolute atomic E-state index is 0.0128. The van der Waals surface area contributed by atoms with E-state index < -0.39 is 11.6 Å². The van der Waals surface area contributed by atoms with Gasteiger partial charge in [0.15, 0.2) is 0 Å². The predicted molar refractivity (Wildman–Crippen MR) is 62.0 cm³/mol. The van der Waals surface area contributed by atoms with Crippen molar-refractivity contribution in [2.45, 2.75) is 32.4 Å². The van der Waals surface area contributed by atoms with Gasteiger partial charge in [-0.1, -0.05) is 13.8 Å². The fraction of sp³-hybridized carbons (Fsp3) is 0.538. The highest BCUT2D eigenvalue weighted by Crippen LogP contribution is 2.42. The average Bonchev–Trinajstić information content (AvgIpc) is 2.22. The van der Waals surface area contributed by atoms with Crippen molar-refractivity contribution in [3.05, 3.63) is 29.8 Å². The Labute approximate surface area is 100.0 Å². The molecule has 1 aliphatic carbocycles. The Morgan fingerprint density at radius 1 is 1.24 bits per heavy atom. The Kier molecular flexibility index (Phi) is 3.08. The Bertz CT molecular complexity index is 400. The summed E-state index contributed by atoms with van der Waals surface area (Å²) in [4.78, 5) is 0. The highest BCUT2D eigenvalue weighted by atomic mass is 19.1. The van der Waals surface area contributed by atoms with Crippen LogP contribution in [-0.2, 0) is 0 Å². The molecule has 0 amide bonds. The van der Waals surface area contributed by atoms with Crippen LogP contribution in [0.4, 0.5) is 8.78 Å². The molecule has 4 heteroatoms. The first-order valence-electron chi connectivity index (χ1n) is 5.73. The van der Waals surface area contributed by atoms with E-state index in [4.69, 9.17) is 4.74 Å². The van der Waals surface area contributed by atoms with Gasteiger partial charge in [-0.3, -0.25) is 0 Å². The Hall–Kier alpha value is -1.16. The number of hydrogen-bond acceptors (Lipinski definition) is 2. The van der Waals surface area contributed by atoms with Crippen LogP contribution in [0.25, 0.3) is 0 Å². The van der Waals surface area contributed by atoms with Crippen molar-refractivity contribution in [2.24, 2.45) is 5.41 Å². The molecule has 0 aliphatic heterocycles. The Morgan fingerprint density at radius 3 is 2.29 bits per heavy atom. The fourth-order valence-electron chi connectivity index (χ4n) is 2.34. The normalized spacial score (nSPS) is 26.4. The molecule has 2 nitrogen and oxygen atoms in total. The monoisotopic (exact) mass is 241 g/mol. The second-order valence-electron chi connectivity index (χ2n) is 5.11. The van der Waals surface area contributed by atoms with E-state index >= 15 is 0 Å². The van der Waals surface area contributed by atoms with Crippen LogP contribution in [0, 0.1) is 17.0 Å². The van der Waals surface area contributed by atoms with E-state index in [0.29, 0.717) is 6.04 Å². The molecule has 0 spiro atoms. The number of benzene rings is 1. The molecule has 1 saturated carbocycles. The molecule has 1 fully saturated rings. The number of ether oxygens (including phenoxy) is 1. The summed E-state index contributed by atoms with van der Waals surface area (Å²) >= 11 is 0. The maximum atomic E-state index is 13.0. The van der Waals surface area contributed by atoms with Crippen molar-refractivity contribution in [1.29, 1.82) is 0 Å². The van der Waals surface area contributed by atoms with E-state index in [0.717, 1.165) is 12.5 Å². The molecule has 1 aromatic carbocycles. The SMILES string of the molecule is CNC1CC(Oc2cc(F)cc(F)c2)C1(C)C. The third-order valence-corrected chi connectivity index (χ3v) is 3.64. The van der Waals surface area contributed by atoms with Gasteiger partial charge in [0.25, 0.3) is 0 Å². The van der Waals surface area contributed by atoms with Crippen LogP contribution in [0.5, 0.6) is 5.75 Å². The first-order chi connectivity index (χ1) is 7.93. The van der Waals surface area contributed by atoms with Gasteiger partial charge in [0.1, 0.15) is 23.5 Å². The molecule has 2 atom stereocenters. The van der Waals surface area contributed by atoms with Gasteiger partial charge in [-0.15, -0.1) is 0 Å². The zero-order chi connectivity index (χ0) is 12.6. The van der Waals surface area contributed by atoms with Crippen molar-refractivity contribution in [3.8, 4) is 5.75 Å². The minimum atomic E-state index is -0.609. The summed E-state index contributed by atoms with van der Waals surface area (Å²) < 4.78 is 31.6. The van der Waals surface area contributed by atoms with Crippen LogP contribution in [0.3, 0.4) is 0 Å². The molecule has 0 heterocycles. The van der Waals surface area contributed by atoms with Crippen molar-refractivity contribution in [3.63, 3.8) is 0 Å². The number of rotatable bonds is 3. The molecule has 1 aliphatic rings. The van der Waals surface area contributed by atoms with E-state index in [1.165, 1.54) is 12.1 Å². The molecule has 94 valence electrons. The maximum Gasteiger partial charge on any atom is 0.129 e. The van der Waals surface area contributed by atoms with Crippen LogP contribution < -0.4 is 10.1 Å². The first kappa shape index (κ1) is 12.3. The van der Waals surface area contributed by atoms with Gasteiger partial charge < -0.3 is 10.1 Å². The zero-order valence-electron chi connectivity index (χ0n) is 10.3. The van der Waals surface area contributed by atoms with E-state index in [-0.39, 0.29) is 17.3 Å². The molecule has 0 saturated heterocycles. The topological polar surface area (TPSA) is 21.3 Å². The lowest BCUT2D eigenvalue weighted by Gasteiger charge is -2.51. The molecule has 1 N–H and O–H groups in total. The molecule has 0 bridgehead atoms. The summed E-state index contributed by atoms with van der Waals surface area (Å²) in [6, 6.07) is 3.65. The van der Waals surface area contributed by atoms with Crippen LogP contribution in [-0.4, -0.2) is 19.2 Å². The summed E-state index contributed by atoms with van der Waals surface area (Å²) in [7, 11) is 1.91. The minimum Gasteiger partial charge on any atom is -0.490 e. The third kappa shape index (κ3) is 2.27. The summed E-state index contributed by atoms with van der Waals surface area (Å²) in [6.07, 6.45) is 0.836. The second kappa shape index (κ2) is 4.26. The highest BCUT2D eigenvalue weighted by molar-refractivity contribution is 5.25. The van der Waals surface area contributed by atoms with Gasteiger partial charge in [-0.05, 0) is 7.05 Å². The Balaban J connectivity index is 2.08. The molecule has 0 aromatic heterocycles. The largest absolute Gasteiger partial charge is 0.490 e. The van der Waals surface area contributed by atoms with Crippen LogP contribution in [0.2, 0.25) is 0 Å². The quantitative estimate of drug-likeness (QED) is 0.878. The molecule has 2 rings (SSSR count). The lowest BCUT2D eigenvalue weighted by atomic mass is 9.64. The molecule has 0 radical (unpaired) electrons. The van der Waals surface area contributed by atoms with E-state index in [2.05, 4.69) is 19.2 Å². The van der Waals surface area contributed by atoms with Gasteiger partial charge in [-0.2, -0.15) is 0 Å². The summed E-state index contributed by atoms with van der Waals surface area (Å²) in [5.74, 6) is -0.959. The molecular formula is C13H17F2NO. The third-order valence-electron chi connectivity index (χ3n) is 3.64. The highest BCUT2D eigenvalue weighted by Gasteiger charge is 2.49. The Morgan fingerprint density at radius 2 is 1.82 bits per heavy atom. The summed E-state index contributed by atoms with van der Waals surface area (Å²) in [5, 5.41) is 3.20. The smallest absolute Gasteiger partial charge is 0.129 e. The lowest BCUT2D eigenvalue weighted by molar-refractivity contribution is -0.0523. The molecule has 17 heavy (non-hydrogen) atoms. The van der Waals surface area contributed by atoms with Gasteiger partial charge in [0.2, 0.25) is 0 Å². The predicted octanol–water partition coefficient (Wildman–Crippen LogP) is 2.73.